The first-order chi connectivity index (χ1) is 8.56. The maximum absolute atomic E-state index is 10.7. The summed E-state index contributed by atoms with van der Waals surface area (Å²) in [5, 5.41) is 11.2. The molecule has 0 aliphatic heterocycles. The summed E-state index contributed by atoms with van der Waals surface area (Å²) in [5.74, 6) is 0.671. The van der Waals surface area contributed by atoms with Crippen molar-refractivity contribution in [2.24, 2.45) is 0 Å². The number of nitrogens with two attached hydrogens (primary N) is 1. The van der Waals surface area contributed by atoms with Gasteiger partial charge in [-0.1, -0.05) is 23.5 Å². The van der Waals surface area contributed by atoms with E-state index in [1.165, 1.54) is 17.4 Å². The van der Waals surface area contributed by atoms with Gasteiger partial charge in [0, 0.05) is 17.9 Å². The molecule has 1 aromatic heterocycles. The number of benzene rings is 1. The molecule has 1 aromatic carbocycles. The molecule has 0 saturated carbocycles. The first-order valence-corrected chi connectivity index (χ1v) is 6.95. The van der Waals surface area contributed by atoms with E-state index in [9.17, 15) is 10.1 Å². The minimum absolute atomic E-state index is 0.119. The molecule has 2 aromatic rings. The minimum Gasteiger partial charge on any atom is -0.375 e. The SMILES string of the molecule is Cc1nc(N)sc1SCc1cccc([N+](=O)[O-])c1. The number of non-ortho nitro benzene ring substituents is 1. The molecule has 0 bridgehead atoms. The summed E-state index contributed by atoms with van der Waals surface area (Å²) in [6.07, 6.45) is 0. The lowest BCUT2D eigenvalue weighted by atomic mass is 10.2. The number of nitrogen functional groups attached to an aromatic ring is 1. The van der Waals surface area contributed by atoms with Crippen LogP contribution < -0.4 is 5.73 Å². The third kappa shape index (κ3) is 2.99. The summed E-state index contributed by atoms with van der Waals surface area (Å²) < 4.78 is 1.05. The summed E-state index contributed by atoms with van der Waals surface area (Å²) >= 11 is 3.03. The average molecular weight is 281 g/mol. The highest BCUT2D eigenvalue weighted by molar-refractivity contribution is 8.00. The van der Waals surface area contributed by atoms with Gasteiger partial charge in [0.15, 0.2) is 5.13 Å². The highest BCUT2D eigenvalue weighted by Crippen LogP contribution is 2.33. The lowest BCUT2D eigenvalue weighted by molar-refractivity contribution is -0.384. The molecule has 0 fully saturated rings. The summed E-state index contributed by atoms with van der Waals surface area (Å²) in [4.78, 5) is 14.4. The van der Waals surface area contributed by atoms with Crippen LogP contribution in [-0.4, -0.2) is 9.91 Å². The Morgan fingerprint density at radius 3 is 2.94 bits per heavy atom. The highest BCUT2D eigenvalue weighted by Gasteiger charge is 2.09. The Labute approximate surface area is 112 Å². The van der Waals surface area contributed by atoms with Gasteiger partial charge in [-0.2, -0.15) is 0 Å². The maximum Gasteiger partial charge on any atom is 0.269 e. The van der Waals surface area contributed by atoms with Gasteiger partial charge in [-0.05, 0) is 12.5 Å². The van der Waals surface area contributed by atoms with Gasteiger partial charge in [-0.25, -0.2) is 4.98 Å². The lowest BCUT2D eigenvalue weighted by Crippen LogP contribution is -1.89. The van der Waals surface area contributed by atoms with Crippen molar-refractivity contribution in [1.29, 1.82) is 0 Å². The van der Waals surface area contributed by atoms with E-state index in [-0.39, 0.29) is 10.6 Å². The molecule has 0 aliphatic carbocycles. The molecule has 1 heterocycles. The molecule has 0 aliphatic rings. The second-order valence-corrected chi connectivity index (χ2v) is 5.92. The maximum atomic E-state index is 10.7. The van der Waals surface area contributed by atoms with E-state index >= 15 is 0 Å². The second-order valence-electron chi connectivity index (χ2n) is 3.64. The standard InChI is InChI=1S/C11H11N3O2S2/c1-7-10(18-11(12)13-7)17-6-8-3-2-4-9(5-8)14(15)16/h2-5H,6H2,1H3,(H2,12,13). The van der Waals surface area contributed by atoms with Crippen LogP contribution in [0.15, 0.2) is 28.5 Å². The van der Waals surface area contributed by atoms with Crippen LogP contribution in [0.3, 0.4) is 0 Å². The predicted molar refractivity (Wildman–Crippen MR) is 73.9 cm³/mol. The van der Waals surface area contributed by atoms with Crippen molar-refractivity contribution < 1.29 is 4.92 Å². The zero-order valence-electron chi connectivity index (χ0n) is 9.62. The number of hydrogen-bond acceptors (Lipinski definition) is 6. The number of anilines is 1. The van der Waals surface area contributed by atoms with Gasteiger partial charge in [0.1, 0.15) is 0 Å². The van der Waals surface area contributed by atoms with E-state index in [4.69, 9.17) is 5.73 Å². The number of thioether (sulfide) groups is 1. The van der Waals surface area contributed by atoms with E-state index in [2.05, 4.69) is 4.98 Å². The fourth-order valence-electron chi connectivity index (χ4n) is 1.45. The van der Waals surface area contributed by atoms with Crippen molar-refractivity contribution in [2.45, 2.75) is 16.9 Å². The van der Waals surface area contributed by atoms with Crippen LogP contribution in [0.5, 0.6) is 0 Å². The molecule has 0 radical (unpaired) electrons. The molecule has 0 unspecified atom stereocenters. The zero-order valence-corrected chi connectivity index (χ0v) is 11.3. The van der Waals surface area contributed by atoms with Gasteiger partial charge in [0.05, 0.1) is 14.8 Å². The molecular formula is C11H11N3O2S2. The van der Waals surface area contributed by atoms with E-state index in [0.717, 1.165) is 15.5 Å². The van der Waals surface area contributed by atoms with Crippen molar-refractivity contribution >= 4 is 33.9 Å². The fourth-order valence-corrected chi connectivity index (χ4v) is 3.41. The molecule has 5 nitrogen and oxygen atoms in total. The summed E-state index contributed by atoms with van der Waals surface area (Å²) in [6.45, 7) is 1.91. The Kier molecular flexibility index (Phi) is 3.83. The smallest absolute Gasteiger partial charge is 0.269 e. The number of nitro benzene ring substituents is 1. The van der Waals surface area contributed by atoms with Gasteiger partial charge in [-0.3, -0.25) is 10.1 Å². The van der Waals surface area contributed by atoms with Crippen LogP contribution in [0, 0.1) is 17.0 Å². The minimum atomic E-state index is -0.385. The molecular weight excluding hydrogens is 270 g/mol. The molecule has 94 valence electrons. The van der Waals surface area contributed by atoms with E-state index in [1.807, 2.05) is 13.0 Å². The van der Waals surface area contributed by atoms with Crippen LogP contribution in [0.4, 0.5) is 10.8 Å². The topological polar surface area (TPSA) is 82.0 Å². The molecule has 0 atom stereocenters. The number of aryl methyl sites for hydroxylation is 1. The van der Waals surface area contributed by atoms with Crippen molar-refractivity contribution in [3.05, 3.63) is 45.6 Å². The van der Waals surface area contributed by atoms with Crippen LogP contribution >= 0.6 is 23.1 Å². The van der Waals surface area contributed by atoms with Gasteiger partial charge in [0.2, 0.25) is 0 Å². The van der Waals surface area contributed by atoms with Gasteiger partial charge in [0.25, 0.3) is 5.69 Å². The summed E-state index contributed by atoms with van der Waals surface area (Å²) in [5.41, 5.74) is 7.56. The molecule has 0 spiro atoms. The lowest BCUT2D eigenvalue weighted by Gasteiger charge is -2.00. The average Bonchev–Trinajstić information content (AvgIpc) is 2.65. The Balaban J connectivity index is 2.08. The largest absolute Gasteiger partial charge is 0.375 e. The van der Waals surface area contributed by atoms with Crippen molar-refractivity contribution in [1.82, 2.24) is 4.98 Å². The summed E-state index contributed by atoms with van der Waals surface area (Å²) in [6, 6.07) is 6.65. The first kappa shape index (κ1) is 12.8. The number of nitro groups is 1. The Morgan fingerprint density at radius 1 is 1.56 bits per heavy atom. The predicted octanol–water partition coefficient (Wildman–Crippen LogP) is 3.23. The van der Waals surface area contributed by atoms with Crippen molar-refractivity contribution in [2.75, 3.05) is 5.73 Å². The molecule has 0 amide bonds. The molecule has 0 saturated heterocycles. The van der Waals surface area contributed by atoms with E-state index in [1.54, 1.807) is 23.9 Å². The number of rotatable bonds is 4. The van der Waals surface area contributed by atoms with Crippen LogP contribution in [-0.2, 0) is 5.75 Å². The van der Waals surface area contributed by atoms with Crippen LogP contribution in [0.1, 0.15) is 11.3 Å². The van der Waals surface area contributed by atoms with E-state index in [0.29, 0.717) is 10.9 Å². The number of nitrogens with zero attached hydrogens (tertiary/aromatic N) is 2. The molecule has 7 heteroatoms. The molecule has 2 rings (SSSR count). The van der Waals surface area contributed by atoms with Crippen molar-refractivity contribution in [3.8, 4) is 0 Å². The van der Waals surface area contributed by atoms with E-state index < -0.39 is 0 Å². The van der Waals surface area contributed by atoms with Gasteiger partial charge in [-0.15, -0.1) is 11.8 Å². The number of hydrogen-bond donors (Lipinski definition) is 1. The molecule has 2 N–H and O–H groups in total. The quantitative estimate of drug-likeness (QED) is 0.528. The third-order valence-corrected chi connectivity index (χ3v) is 4.68. The first-order valence-electron chi connectivity index (χ1n) is 5.15. The van der Waals surface area contributed by atoms with Crippen molar-refractivity contribution in [3.63, 3.8) is 0 Å². The number of aromatic nitrogens is 1. The summed E-state index contributed by atoms with van der Waals surface area (Å²) in [7, 11) is 0. The Bertz CT molecular complexity index is 583. The normalized spacial score (nSPS) is 10.5. The van der Waals surface area contributed by atoms with Gasteiger partial charge < -0.3 is 5.73 Å². The van der Waals surface area contributed by atoms with Gasteiger partial charge >= 0.3 is 0 Å². The van der Waals surface area contributed by atoms with Crippen LogP contribution in [0.25, 0.3) is 0 Å². The Morgan fingerprint density at radius 2 is 2.33 bits per heavy atom. The Hall–Kier alpha value is -1.60. The number of thiazole rings is 1. The highest BCUT2D eigenvalue weighted by atomic mass is 32.2. The monoisotopic (exact) mass is 281 g/mol. The molecule has 18 heavy (non-hydrogen) atoms. The second kappa shape index (κ2) is 5.36. The zero-order chi connectivity index (χ0) is 13.1. The van der Waals surface area contributed by atoms with Crippen LogP contribution in [0.2, 0.25) is 0 Å². The fraction of sp³-hybridized carbons (Fsp3) is 0.182. The third-order valence-electron chi connectivity index (χ3n) is 2.26.